The molecule has 0 atom stereocenters. The molecule has 2 aromatic carbocycles. The fraction of sp³-hybridized carbons (Fsp3) is 0.176. The highest BCUT2D eigenvalue weighted by Gasteiger charge is 2.14. The van der Waals surface area contributed by atoms with E-state index in [-0.39, 0.29) is 12.3 Å². The summed E-state index contributed by atoms with van der Waals surface area (Å²) in [6.07, 6.45) is 1.11. The van der Waals surface area contributed by atoms with Crippen LogP contribution in [0.1, 0.15) is 21.5 Å². The molecule has 3 N–H and O–H groups in total. The summed E-state index contributed by atoms with van der Waals surface area (Å²) in [5, 5.41) is 2.74. The number of primary amides is 1. The van der Waals surface area contributed by atoms with Crippen LogP contribution in [0.4, 0.5) is 5.69 Å². The van der Waals surface area contributed by atoms with E-state index in [9.17, 15) is 9.59 Å². The number of anilines is 1. The van der Waals surface area contributed by atoms with Crippen LogP contribution < -0.4 is 15.8 Å². The van der Waals surface area contributed by atoms with Crippen LogP contribution in [-0.4, -0.2) is 18.4 Å². The molecular formula is C17H16N2O3. The maximum atomic E-state index is 12.2. The van der Waals surface area contributed by atoms with E-state index < -0.39 is 5.91 Å². The van der Waals surface area contributed by atoms with Gasteiger partial charge in [0, 0.05) is 6.42 Å². The van der Waals surface area contributed by atoms with Crippen LogP contribution in [0.3, 0.4) is 0 Å². The smallest absolute Gasteiger partial charge is 0.250 e. The van der Waals surface area contributed by atoms with Crippen molar-refractivity contribution in [2.24, 2.45) is 5.73 Å². The van der Waals surface area contributed by atoms with Gasteiger partial charge in [0.25, 0.3) is 5.91 Å². The Labute approximate surface area is 128 Å². The van der Waals surface area contributed by atoms with Crippen LogP contribution in [-0.2, 0) is 17.6 Å². The Kier molecular flexibility index (Phi) is 3.78. The lowest BCUT2D eigenvalue weighted by atomic mass is 10.1. The van der Waals surface area contributed by atoms with Crippen LogP contribution >= 0.6 is 0 Å². The van der Waals surface area contributed by atoms with Crippen molar-refractivity contribution in [2.75, 3.05) is 11.9 Å². The molecule has 112 valence electrons. The summed E-state index contributed by atoms with van der Waals surface area (Å²) < 4.78 is 5.44. The topological polar surface area (TPSA) is 81.4 Å². The summed E-state index contributed by atoms with van der Waals surface area (Å²) >= 11 is 0. The molecule has 0 saturated carbocycles. The fourth-order valence-electron chi connectivity index (χ4n) is 2.54. The first-order valence-electron chi connectivity index (χ1n) is 7.07. The van der Waals surface area contributed by atoms with Crippen molar-refractivity contribution in [1.29, 1.82) is 0 Å². The van der Waals surface area contributed by atoms with Gasteiger partial charge in [0.2, 0.25) is 5.91 Å². The molecule has 0 radical (unpaired) electrons. The Balaban J connectivity index is 1.72. The highest BCUT2D eigenvalue weighted by Crippen LogP contribution is 2.26. The monoisotopic (exact) mass is 296 g/mol. The lowest BCUT2D eigenvalue weighted by Gasteiger charge is -2.09. The third kappa shape index (κ3) is 2.93. The molecule has 0 unspecified atom stereocenters. The summed E-state index contributed by atoms with van der Waals surface area (Å²) in [7, 11) is 0. The minimum Gasteiger partial charge on any atom is -0.493 e. The van der Waals surface area contributed by atoms with Crippen molar-refractivity contribution in [3.8, 4) is 5.75 Å². The number of para-hydroxylation sites is 1. The van der Waals surface area contributed by atoms with Gasteiger partial charge in [-0.25, -0.2) is 0 Å². The van der Waals surface area contributed by atoms with Gasteiger partial charge < -0.3 is 15.8 Å². The Hall–Kier alpha value is -2.82. The number of carbonyl (C=O) groups is 2. The zero-order valence-electron chi connectivity index (χ0n) is 12.0. The summed E-state index contributed by atoms with van der Waals surface area (Å²) in [6, 6.07) is 12.5. The molecule has 2 aromatic rings. The van der Waals surface area contributed by atoms with E-state index in [1.54, 1.807) is 24.3 Å². The molecule has 3 rings (SSSR count). The normalized spacial score (nSPS) is 12.4. The molecule has 0 aliphatic carbocycles. The second-order valence-electron chi connectivity index (χ2n) is 5.18. The van der Waals surface area contributed by atoms with Crippen molar-refractivity contribution in [1.82, 2.24) is 0 Å². The van der Waals surface area contributed by atoms with Gasteiger partial charge in [0.1, 0.15) is 5.75 Å². The van der Waals surface area contributed by atoms with Gasteiger partial charge in [0.15, 0.2) is 0 Å². The molecule has 5 nitrogen and oxygen atoms in total. The minimum atomic E-state index is -0.564. The number of carbonyl (C=O) groups excluding carboxylic acids is 2. The van der Waals surface area contributed by atoms with E-state index >= 15 is 0 Å². The second-order valence-corrected chi connectivity index (χ2v) is 5.18. The maximum absolute atomic E-state index is 12.2. The molecule has 0 fully saturated rings. The number of nitrogens with two attached hydrogens (primary N) is 1. The van der Waals surface area contributed by atoms with Gasteiger partial charge in [0.05, 0.1) is 24.3 Å². The standard InChI is InChI=1S/C17H16N2O3/c18-17(21)13-3-1-2-4-14(13)19-16(20)10-11-5-6-15-12(9-11)7-8-22-15/h1-6,9H,7-8,10H2,(H2,18,21)(H,19,20). The van der Waals surface area contributed by atoms with E-state index in [4.69, 9.17) is 10.5 Å². The SMILES string of the molecule is NC(=O)c1ccccc1NC(=O)Cc1ccc2c(c1)CCO2. The summed E-state index contributed by atoms with van der Waals surface area (Å²) in [5.74, 6) is 0.140. The van der Waals surface area contributed by atoms with E-state index in [1.807, 2.05) is 18.2 Å². The predicted octanol–water partition coefficient (Wildman–Crippen LogP) is 1.90. The molecule has 0 saturated heterocycles. The van der Waals surface area contributed by atoms with Crippen LogP contribution in [0.15, 0.2) is 42.5 Å². The lowest BCUT2D eigenvalue weighted by molar-refractivity contribution is -0.115. The molecule has 0 spiro atoms. The highest BCUT2D eigenvalue weighted by molar-refractivity contribution is 6.03. The molecule has 2 amide bonds. The molecule has 0 aromatic heterocycles. The Bertz CT molecular complexity index is 740. The molecule has 1 aliphatic heterocycles. The Morgan fingerprint density at radius 2 is 2.00 bits per heavy atom. The van der Waals surface area contributed by atoms with Crippen molar-refractivity contribution >= 4 is 17.5 Å². The van der Waals surface area contributed by atoms with E-state index in [1.165, 1.54) is 0 Å². The average Bonchev–Trinajstić information content (AvgIpc) is 2.95. The molecule has 5 heteroatoms. The predicted molar refractivity (Wildman–Crippen MR) is 82.9 cm³/mol. The van der Waals surface area contributed by atoms with E-state index in [0.29, 0.717) is 17.9 Å². The quantitative estimate of drug-likeness (QED) is 0.904. The van der Waals surface area contributed by atoms with Crippen LogP contribution in [0.2, 0.25) is 0 Å². The molecule has 0 bridgehead atoms. The molecule has 1 aliphatic rings. The summed E-state index contributed by atoms with van der Waals surface area (Å²) in [5.41, 5.74) is 8.08. The number of nitrogens with one attached hydrogen (secondary N) is 1. The first kappa shape index (κ1) is 14.1. The summed E-state index contributed by atoms with van der Waals surface area (Å²) in [4.78, 5) is 23.5. The van der Waals surface area contributed by atoms with Crippen molar-refractivity contribution in [2.45, 2.75) is 12.8 Å². The maximum Gasteiger partial charge on any atom is 0.250 e. The van der Waals surface area contributed by atoms with Gasteiger partial charge in [-0.2, -0.15) is 0 Å². The zero-order chi connectivity index (χ0) is 15.5. The van der Waals surface area contributed by atoms with E-state index in [0.717, 1.165) is 23.3 Å². The number of amides is 2. The number of benzene rings is 2. The van der Waals surface area contributed by atoms with Crippen molar-refractivity contribution < 1.29 is 14.3 Å². The fourth-order valence-corrected chi connectivity index (χ4v) is 2.54. The average molecular weight is 296 g/mol. The van der Waals surface area contributed by atoms with Gasteiger partial charge in [-0.1, -0.05) is 24.3 Å². The molecule has 1 heterocycles. The van der Waals surface area contributed by atoms with Gasteiger partial charge >= 0.3 is 0 Å². The van der Waals surface area contributed by atoms with Crippen molar-refractivity contribution in [3.63, 3.8) is 0 Å². The third-order valence-electron chi connectivity index (χ3n) is 3.59. The molecular weight excluding hydrogens is 280 g/mol. The van der Waals surface area contributed by atoms with Crippen LogP contribution in [0, 0.1) is 0 Å². The van der Waals surface area contributed by atoms with Gasteiger partial charge in [-0.05, 0) is 29.3 Å². The Morgan fingerprint density at radius 1 is 1.18 bits per heavy atom. The van der Waals surface area contributed by atoms with Gasteiger partial charge in [-0.3, -0.25) is 9.59 Å². The number of rotatable bonds is 4. The number of hydrogen-bond donors (Lipinski definition) is 2. The first-order valence-corrected chi connectivity index (χ1v) is 7.07. The highest BCUT2D eigenvalue weighted by atomic mass is 16.5. The Morgan fingerprint density at radius 3 is 2.82 bits per heavy atom. The third-order valence-corrected chi connectivity index (χ3v) is 3.59. The molecule has 22 heavy (non-hydrogen) atoms. The number of hydrogen-bond acceptors (Lipinski definition) is 3. The minimum absolute atomic E-state index is 0.187. The lowest BCUT2D eigenvalue weighted by Crippen LogP contribution is -2.19. The van der Waals surface area contributed by atoms with Gasteiger partial charge in [-0.15, -0.1) is 0 Å². The number of ether oxygens (including phenoxy) is 1. The first-order chi connectivity index (χ1) is 10.6. The number of fused-ring (bicyclic) bond motifs is 1. The zero-order valence-corrected chi connectivity index (χ0v) is 12.0. The van der Waals surface area contributed by atoms with Crippen LogP contribution in [0.5, 0.6) is 5.75 Å². The van der Waals surface area contributed by atoms with Crippen LogP contribution in [0.25, 0.3) is 0 Å². The summed E-state index contributed by atoms with van der Waals surface area (Å²) in [6.45, 7) is 0.691. The second kappa shape index (κ2) is 5.89. The van der Waals surface area contributed by atoms with Crippen molar-refractivity contribution in [3.05, 3.63) is 59.2 Å². The largest absolute Gasteiger partial charge is 0.493 e. The van der Waals surface area contributed by atoms with E-state index in [2.05, 4.69) is 5.32 Å².